The van der Waals surface area contributed by atoms with Crippen molar-refractivity contribution in [2.45, 2.75) is 34.9 Å². The zero-order valence-corrected chi connectivity index (χ0v) is 20.5. The predicted molar refractivity (Wildman–Crippen MR) is 135 cm³/mol. The number of benzene rings is 1. The molecule has 3 aromatic heterocycles. The number of nitrogens with two attached hydrogens (primary N) is 1. The van der Waals surface area contributed by atoms with Crippen molar-refractivity contribution in [1.29, 1.82) is 0 Å². The summed E-state index contributed by atoms with van der Waals surface area (Å²) in [5.41, 5.74) is 7.79. The molecule has 0 saturated heterocycles. The molecule has 1 fully saturated rings. The van der Waals surface area contributed by atoms with E-state index in [2.05, 4.69) is 15.3 Å². The lowest BCUT2D eigenvalue weighted by molar-refractivity contribution is -0.137. The topological polar surface area (TPSA) is 120 Å². The number of alkyl halides is 3. The van der Waals surface area contributed by atoms with Gasteiger partial charge in [-0.15, -0.1) is 0 Å². The van der Waals surface area contributed by atoms with Gasteiger partial charge in [-0.1, -0.05) is 23.5 Å². The van der Waals surface area contributed by atoms with Crippen LogP contribution in [0.1, 0.15) is 24.8 Å². The molecule has 12 heteroatoms. The number of rotatable bonds is 7. The summed E-state index contributed by atoms with van der Waals surface area (Å²) in [6.45, 7) is 0.215. The largest absolute Gasteiger partial charge is 0.611 e. The fourth-order valence-corrected chi connectivity index (χ4v) is 7.15. The Morgan fingerprint density at radius 1 is 1.17 bits per heavy atom. The first-order valence-corrected chi connectivity index (χ1v) is 13.3. The molecule has 0 spiro atoms. The Balaban J connectivity index is 1.67. The standard InChI is InChI=1S/C24H22F3N5O2S2/c25-24(26,27)15-4-1-3-13(9-15)17-10-18(14-11-30-23(31-12-14)29-7-8-33)32-21-19(17)20(28)22(35-21)36(34)16-5-2-6-16/h1,3-4,9-12,16,33H,2,5-8,28H2,(H,29,30,31). The van der Waals surface area contributed by atoms with Gasteiger partial charge in [0.05, 0.1) is 17.9 Å². The molecule has 188 valence electrons. The molecule has 1 aliphatic carbocycles. The molecule has 4 N–H and O–H groups in total. The Morgan fingerprint density at radius 3 is 2.56 bits per heavy atom. The Hall–Kier alpha value is -2.93. The van der Waals surface area contributed by atoms with Crippen molar-refractivity contribution in [3.8, 4) is 22.4 Å². The second kappa shape index (κ2) is 9.85. The van der Waals surface area contributed by atoms with Gasteiger partial charge in [0, 0.05) is 41.1 Å². The van der Waals surface area contributed by atoms with Crippen LogP contribution in [0.2, 0.25) is 0 Å². The number of hydrogen-bond donors (Lipinski definition) is 3. The first kappa shape index (κ1) is 24.8. The summed E-state index contributed by atoms with van der Waals surface area (Å²) in [6.07, 6.45) is 1.30. The monoisotopic (exact) mass is 533 g/mol. The molecule has 0 bridgehead atoms. The van der Waals surface area contributed by atoms with Gasteiger partial charge in [0.25, 0.3) is 0 Å². The molecule has 1 atom stereocenters. The zero-order chi connectivity index (χ0) is 25.4. The van der Waals surface area contributed by atoms with Crippen LogP contribution in [-0.4, -0.2) is 43.0 Å². The minimum absolute atomic E-state index is 0.0317. The average molecular weight is 534 g/mol. The molecule has 5 rings (SSSR count). The van der Waals surface area contributed by atoms with E-state index >= 15 is 0 Å². The second-order valence-electron chi connectivity index (χ2n) is 8.41. The van der Waals surface area contributed by atoms with Crippen LogP contribution in [0.3, 0.4) is 0 Å². The maximum atomic E-state index is 13.5. The fourth-order valence-electron chi connectivity index (χ4n) is 3.94. The Morgan fingerprint density at radius 2 is 1.92 bits per heavy atom. The summed E-state index contributed by atoms with van der Waals surface area (Å²) < 4.78 is 54.1. The summed E-state index contributed by atoms with van der Waals surface area (Å²) in [5, 5.41) is 12.3. The maximum Gasteiger partial charge on any atom is 0.416 e. The van der Waals surface area contributed by atoms with Crippen LogP contribution >= 0.6 is 11.3 Å². The number of thiophene rings is 1. The van der Waals surface area contributed by atoms with E-state index in [1.54, 1.807) is 24.5 Å². The Bertz CT molecular complexity index is 1390. The van der Waals surface area contributed by atoms with Crippen LogP contribution in [-0.2, 0) is 17.4 Å². The molecule has 1 saturated carbocycles. The minimum Gasteiger partial charge on any atom is -0.611 e. The smallest absolute Gasteiger partial charge is 0.416 e. The van der Waals surface area contributed by atoms with Gasteiger partial charge >= 0.3 is 6.18 Å². The van der Waals surface area contributed by atoms with Gasteiger partial charge in [-0.3, -0.25) is 0 Å². The number of nitrogen functional groups attached to an aromatic ring is 1. The van der Waals surface area contributed by atoms with Crippen molar-refractivity contribution in [2.24, 2.45) is 0 Å². The lowest BCUT2D eigenvalue weighted by Gasteiger charge is -2.27. The molecule has 3 heterocycles. The van der Waals surface area contributed by atoms with Crippen molar-refractivity contribution >= 4 is 44.4 Å². The third-order valence-corrected chi connectivity index (χ3v) is 9.35. The number of aliphatic hydroxyl groups is 1. The molecular weight excluding hydrogens is 511 g/mol. The Kier molecular flexibility index (Phi) is 6.77. The van der Waals surface area contributed by atoms with E-state index in [0.717, 1.165) is 31.4 Å². The first-order valence-electron chi connectivity index (χ1n) is 11.2. The number of aliphatic hydroxyl groups excluding tert-OH is 1. The Labute approximate surface area is 211 Å². The molecule has 0 aliphatic heterocycles. The molecular formula is C24H22F3N5O2S2. The summed E-state index contributed by atoms with van der Waals surface area (Å²) in [5.74, 6) is 0.325. The molecule has 0 radical (unpaired) electrons. The van der Waals surface area contributed by atoms with Crippen molar-refractivity contribution in [3.05, 3.63) is 48.3 Å². The van der Waals surface area contributed by atoms with Gasteiger partial charge in [-0.25, -0.2) is 15.0 Å². The summed E-state index contributed by atoms with van der Waals surface area (Å²) in [4.78, 5) is 13.6. The summed E-state index contributed by atoms with van der Waals surface area (Å²) >= 11 is -0.0944. The van der Waals surface area contributed by atoms with Gasteiger partial charge in [-0.05, 0) is 48.6 Å². The SMILES string of the molecule is Nc1c([S+]([O-])C2CCC2)sc2nc(-c3cnc(NCCO)nc3)cc(-c3cccc(C(F)(F)F)c3)c12. The number of fused-ring (bicyclic) bond motifs is 1. The average Bonchev–Trinajstić information content (AvgIpc) is 3.17. The van der Waals surface area contributed by atoms with Gasteiger partial charge in [0.2, 0.25) is 10.2 Å². The molecule has 1 aliphatic rings. The third kappa shape index (κ3) is 4.73. The number of nitrogens with one attached hydrogen (secondary N) is 1. The number of nitrogens with zero attached hydrogens (tertiary/aromatic N) is 3. The number of anilines is 2. The zero-order valence-electron chi connectivity index (χ0n) is 18.9. The van der Waals surface area contributed by atoms with E-state index in [4.69, 9.17) is 15.8 Å². The lowest BCUT2D eigenvalue weighted by atomic mass is 9.99. The molecule has 1 aromatic carbocycles. The van der Waals surface area contributed by atoms with Crippen molar-refractivity contribution in [1.82, 2.24) is 15.0 Å². The van der Waals surface area contributed by atoms with Crippen LogP contribution in [0.4, 0.5) is 24.8 Å². The van der Waals surface area contributed by atoms with Crippen LogP contribution in [0.5, 0.6) is 0 Å². The van der Waals surface area contributed by atoms with Gasteiger partial charge in [-0.2, -0.15) is 13.2 Å². The normalized spacial score (nSPS) is 15.1. The lowest BCUT2D eigenvalue weighted by Crippen LogP contribution is -2.28. The van der Waals surface area contributed by atoms with E-state index in [1.807, 2.05) is 0 Å². The minimum atomic E-state index is -4.51. The van der Waals surface area contributed by atoms with Crippen LogP contribution in [0.25, 0.3) is 32.6 Å². The van der Waals surface area contributed by atoms with Crippen LogP contribution < -0.4 is 11.1 Å². The second-order valence-corrected chi connectivity index (χ2v) is 11.3. The van der Waals surface area contributed by atoms with E-state index in [9.17, 15) is 17.7 Å². The highest BCUT2D eigenvalue weighted by Gasteiger charge is 2.35. The molecule has 36 heavy (non-hydrogen) atoms. The highest BCUT2D eigenvalue weighted by atomic mass is 32.2. The highest BCUT2D eigenvalue weighted by Crippen LogP contribution is 2.46. The predicted octanol–water partition coefficient (Wildman–Crippen LogP) is 5.09. The quantitative estimate of drug-likeness (QED) is 0.283. The molecule has 4 aromatic rings. The van der Waals surface area contributed by atoms with E-state index in [-0.39, 0.29) is 11.9 Å². The van der Waals surface area contributed by atoms with E-state index < -0.39 is 22.9 Å². The number of halogens is 3. The molecule has 0 amide bonds. The van der Waals surface area contributed by atoms with Gasteiger partial charge in [0.1, 0.15) is 15.8 Å². The third-order valence-electron chi connectivity index (χ3n) is 6.05. The van der Waals surface area contributed by atoms with Crippen LogP contribution in [0.15, 0.2) is 46.9 Å². The molecule has 7 nitrogen and oxygen atoms in total. The number of pyridine rings is 1. The van der Waals surface area contributed by atoms with E-state index in [1.165, 1.54) is 17.4 Å². The van der Waals surface area contributed by atoms with Crippen LogP contribution in [0, 0.1) is 0 Å². The molecule has 1 unspecified atom stereocenters. The van der Waals surface area contributed by atoms with Gasteiger partial charge < -0.3 is 20.7 Å². The highest BCUT2D eigenvalue weighted by molar-refractivity contribution is 7.94. The van der Waals surface area contributed by atoms with Gasteiger partial charge in [0.15, 0.2) is 0 Å². The number of aromatic nitrogens is 3. The number of hydrogen-bond acceptors (Lipinski definition) is 8. The summed E-state index contributed by atoms with van der Waals surface area (Å²) in [6, 6.07) is 6.70. The van der Waals surface area contributed by atoms with E-state index in [0.29, 0.717) is 55.0 Å². The maximum absolute atomic E-state index is 13.5. The van der Waals surface area contributed by atoms with Crippen molar-refractivity contribution in [3.63, 3.8) is 0 Å². The first-order chi connectivity index (χ1) is 17.3. The van der Waals surface area contributed by atoms with Crippen molar-refractivity contribution in [2.75, 3.05) is 24.2 Å². The van der Waals surface area contributed by atoms with Crippen molar-refractivity contribution < 1.29 is 22.8 Å². The fraction of sp³-hybridized carbons (Fsp3) is 0.292. The summed E-state index contributed by atoms with van der Waals surface area (Å²) in [7, 11) is 0.